The van der Waals surface area contributed by atoms with Crippen molar-refractivity contribution in [2.75, 3.05) is 0 Å². The molecule has 0 saturated heterocycles. The van der Waals surface area contributed by atoms with Gasteiger partial charge in [-0.15, -0.1) is 0 Å². The molecule has 6 heteroatoms. The summed E-state index contributed by atoms with van der Waals surface area (Å²) in [5.74, 6) is 0. The van der Waals surface area contributed by atoms with Crippen molar-refractivity contribution in [3.05, 3.63) is 164 Å². The Morgan fingerprint density at radius 3 is 1.90 bits per heavy atom. The maximum atomic E-state index is 5.42. The van der Waals surface area contributed by atoms with E-state index in [1.807, 2.05) is 36.7 Å². The van der Waals surface area contributed by atoms with Crippen LogP contribution in [-0.2, 0) is 0 Å². The van der Waals surface area contributed by atoms with E-state index in [9.17, 15) is 0 Å². The molecule has 0 amide bonds. The molecule has 4 heterocycles. The Bertz CT molecular complexity index is 2590. The molecule has 5 nitrogen and oxygen atoms in total. The van der Waals surface area contributed by atoms with Crippen LogP contribution in [0.2, 0.25) is 0 Å². The first-order valence-corrected chi connectivity index (χ1v) is 17.8. The van der Waals surface area contributed by atoms with Gasteiger partial charge in [-0.25, -0.2) is 0 Å². The topological polar surface area (TPSA) is 64.5 Å². The van der Waals surface area contributed by atoms with E-state index in [2.05, 4.69) is 137 Å². The molecule has 0 aliphatic rings. The summed E-state index contributed by atoms with van der Waals surface area (Å²) in [6, 6.07) is 51.0. The fraction of sp³-hybridized carbons (Fsp3) is 0. The van der Waals surface area contributed by atoms with Crippen LogP contribution in [0.3, 0.4) is 0 Å². The summed E-state index contributed by atoms with van der Waals surface area (Å²) in [4.78, 5) is 10.3. The Morgan fingerprint density at radius 2 is 1.14 bits per heavy atom. The van der Waals surface area contributed by atoms with E-state index < -0.39 is 0 Å². The van der Waals surface area contributed by atoms with Crippen molar-refractivity contribution in [2.24, 2.45) is 0 Å². The molecule has 4 aromatic heterocycles. The third-order valence-electron chi connectivity index (χ3n) is 8.93. The summed E-state index contributed by atoms with van der Waals surface area (Å²) in [5.41, 5.74) is 11.9. The molecule has 0 spiro atoms. The molecule has 0 aliphatic carbocycles. The second-order valence-electron chi connectivity index (χ2n) is 11.7. The zero-order valence-electron chi connectivity index (χ0n) is 26.2. The first-order valence-electron chi connectivity index (χ1n) is 16.1. The quantitative estimate of drug-likeness (QED) is 0.162. The molecular weight excluding hydrogens is 665 g/mol. The van der Waals surface area contributed by atoms with Crippen LogP contribution in [0.5, 0.6) is 0 Å². The van der Waals surface area contributed by atoms with E-state index in [0.717, 1.165) is 61.5 Å². The average molecular weight is 693 g/mol. The zero-order chi connectivity index (χ0) is 32.6. The standard InChI is InChI=1S/C43H27N5Se/c1-3-13-28(14-4-1)30-17-7-8-18-31(30)32-22-23-38-40(33-19-9-10-21-37(33)49-38)41(32)43-42(36-24-26-46-48-47-36)39(35-20-11-12-25-44-35)34(27-45-43)29-15-5-2-6-16-29/h1-27H. The number of benzene rings is 5. The molecule has 9 aromatic rings. The Labute approximate surface area is 289 Å². The van der Waals surface area contributed by atoms with E-state index >= 15 is 0 Å². The number of rotatable bonds is 6. The average Bonchev–Trinajstić information content (AvgIpc) is 3.57. The van der Waals surface area contributed by atoms with Crippen molar-refractivity contribution < 1.29 is 0 Å². The van der Waals surface area contributed by atoms with Gasteiger partial charge in [-0.1, -0.05) is 0 Å². The van der Waals surface area contributed by atoms with Crippen molar-refractivity contribution in [3.8, 4) is 67.2 Å². The molecule has 5 aromatic carbocycles. The zero-order valence-corrected chi connectivity index (χ0v) is 27.9. The summed E-state index contributed by atoms with van der Waals surface area (Å²) in [6.07, 6.45) is 5.54. The maximum absolute atomic E-state index is 5.42. The normalized spacial score (nSPS) is 11.3. The van der Waals surface area contributed by atoms with Crippen LogP contribution in [0, 0.1) is 0 Å². The van der Waals surface area contributed by atoms with Gasteiger partial charge in [-0.05, 0) is 0 Å². The monoisotopic (exact) mass is 693 g/mol. The van der Waals surface area contributed by atoms with Gasteiger partial charge in [0.05, 0.1) is 0 Å². The van der Waals surface area contributed by atoms with E-state index in [1.54, 1.807) is 6.20 Å². The molecule has 0 fully saturated rings. The molecule has 0 aliphatic heterocycles. The minimum absolute atomic E-state index is 0.155. The van der Waals surface area contributed by atoms with E-state index in [0.29, 0.717) is 5.69 Å². The predicted octanol–water partition coefficient (Wildman–Crippen LogP) is 10.0. The van der Waals surface area contributed by atoms with Crippen LogP contribution in [-0.4, -0.2) is 39.9 Å². The summed E-state index contributed by atoms with van der Waals surface area (Å²) < 4.78 is 2.71. The van der Waals surface area contributed by atoms with Crippen molar-refractivity contribution in [3.63, 3.8) is 0 Å². The fourth-order valence-corrected chi connectivity index (χ4v) is 9.15. The molecule has 0 saturated carbocycles. The van der Waals surface area contributed by atoms with Crippen LogP contribution in [0.1, 0.15) is 0 Å². The molecule has 49 heavy (non-hydrogen) atoms. The number of aromatic nitrogens is 5. The Kier molecular flexibility index (Phi) is 7.43. The summed E-state index contributed by atoms with van der Waals surface area (Å²) in [5, 5.41) is 15.3. The first kappa shape index (κ1) is 29.1. The Hall–Kier alpha value is -6.07. The number of hydrogen-bond donors (Lipinski definition) is 0. The molecule has 0 radical (unpaired) electrons. The Balaban J connectivity index is 1.47. The molecular formula is C43H27N5Se. The van der Waals surface area contributed by atoms with Gasteiger partial charge in [-0.2, -0.15) is 0 Å². The number of nitrogens with zero attached hydrogens (tertiary/aromatic N) is 5. The Morgan fingerprint density at radius 1 is 0.429 bits per heavy atom. The van der Waals surface area contributed by atoms with E-state index in [-0.39, 0.29) is 14.5 Å². The van der Waals surface area contributed by atoms with E-state index in [4.69, 9.17) is 9.97 Å². The van der Waals surface area contributed by atoms with Gasteiger partial charge in [0.2, 0.25) is 0 Å². The second-order valence-corrected chi connectivity index (χ2v) is 14.0. The number of fused-ring (bicyclic) bond motifs is 3. The van der Waals surface area contributed by atoms with Crippen molar-refractivity contribution in [2.45, 2.75) is 0 Å². The molecule has 230 valence electrons. The van der Waals surface area contributed by atoms with Crippen LogP contribution in [0.15, 0.2) is 164 Å². The summed E-state index contributed by atoms with van der Waals surface area (Å²) in [6.45, 7) is 0. The molecule has 0 N–H and O–H groups in total. The molecule has 0 unspecified atom stereocenters. The third-order valence-corrected chi connectivity index (χ3v) is 11.3. The second kappa shape index (κ2) is 12.5. The molecule has 0 bridgehead atoms. The molecule has 9 rings (SSSR count). The minimum atomic E-state index is 0.155. The van der Waals surface area contributed by atoms with Crippen molar-refractivity contribution >= 4 is 33.8 Å². The van der Waals surface area contributed by atoms with Gasteiger partial charge in [0, 0.05) is 0 Å². The summed E-state index contributed by atoms with van der Waals surface area (Å²) >= 11 is 0.155. The number of hydrogen-bond acceptors (Lipinski definition) is 5. The van der Waals surface area contributed by atoms with Gasteiger partial charge < -0.3 is 0 Å². The fourth-order valence-electron chi connectivity index (χ4n) is 6.81. The SMILES string of the molecule is c1ccc(-c2ccccc2-c2ccc3[se]c4ccccc4c3c2-c2ncc(-c3ccccc3)c(-c3ccccn3)c2-c2ccnnn2)cc1. The van der Waals surface area contributed by atoms with Crippen LogP contribution in [0.4, 0.5) is 0 Å². The van der Waals surface area contributed by atoms with Gasteiger partial charge in [0.1, 0.15) is 0 Å². The van der Waals surface area contributed by atoms with Crippen LogP contribution in [0.25, 0.3) is 86.4 Å². The van der Waals surface area contributed by atoms with Gasteiger partial charge in [-0.3, -0.25) is 0 Å². The van der Waals surface area contributed by atoms with Crippen LogP contribution >= 0.6 is 0 Å². The first-order chi connectivity index (χ1) is 24.3. The molecule has 0 atom stereocenters. The van der Waals surface area contributed by atoms with Crippen molar-refractivity contribution in [1.29, 1.82) is 0 Å². The predicted molar refractivity (Wildman–Crippen MR) is 200 cm³/mol. The number of pyridine rings is 2. The van der Waals surface area contributed by atoms with Gasteiger partial charge in [0.15, 0.2) is 0 Å². The van der Waals surface area contributed by atoms with Crippen molar-refractivity contribution in [1.82, 2.24) is 25.4 Å². The summed E-state index contributed by atoms with van der Waals surface area (Å²) in [7, 11) is 0. The third kappa shape index (κ3) is 5.15. The van der Waals surface area contributed by atoms with Gasteiger partial charge >= 0.3 is 291 Å². The van der Waals surface area contributed by atoms with Crippen LogP contribution < -0.4 is 0 Å². The van der Waals surface area contributed by atoms with Gasteiger partial charge in [0.25, 0.3) is 0 Å². The van der Waals surface area contributed by atoms with E-state index in [1.165, 1.54) is 19.3 Å².